The molecular weight excluding hydrogens is 238 g/mol. The van der Waals surface area contributed by atoms with Crippen LogP contribution in [0, 0.1) is 13.8 Å². The van der Waals surface area contributed by atoms with Crippen molar-refractivity contribution in [3.05, 3.63) is 57.3 Å². The summed E-state index contributed by atoms with van der Waals surface area (Å²) in [6.07, 6.45) is 0. The fourth-order valence-corrected chi connectivity index (χ4v) is 3.15. The third kappa shape index (κ3) is 3.01. The molecule has 2 unspecified atom stereocenters. The zero-order chi connectivity index (χ0) is 13.1. The number of rotatable bonds is 4. The second-order valence-corrected chi connectivity index (χ2v) is 5.81. The van der Waals surface area contributed by atoms with Gasteiger partial charge in [0.15, 0.2) is 0 Å². The van der Waals surface area contributed by atoms with Crippen molar-refractivity contribution in [1.82, 2.24) is 5.32 Å². The summed E-state index contributed by atoms with van der Waals surface area (Å²) in [5.41, 5.74) is 5.46. The first-order valence-corrected chi connectivity index (χ1v) is 7.37. The minimum Gasteiger partial charge on any atom is -0.304 e. The molecule has 96 valence electrons. The molecule has 0 aliphatic heterocycles. The molecule has 2 rings (SSSR count). The summed E-state index contributed by atoms with van der Waals surface area (Å²) in [7, 11) is 0. The average molecular weight is 259 g/mol. The van der Waals surface area contributed by atoms with E-state index in [1.54, 1.807) is 11.3 Å². The molecule has 0 amide bonds. The van der Waals surface area contributed by atoms with Gasteiger partial charge in [0, 0.05) is 12.1 Å². The lowest BCUT2D eigenvalue weighted by molar-refractivity contribution is 0.494. The van der Waals surface area contributed by atoms with Gasteiger partial charge in [0.25, 0.3) is 0 Å². The molecule has 0 saturated carbocycles. The number of aryl methyl sites for hydroxylation is 2. The normalized spacial score (nSPS) is 14.4. The Morgan fingerprint density at radius 3 is 2.44 bits per heavy atom. The largest absolute Gasteiger partial charge is 0.304 e. The molecule has 18 heavy (non-hydrogen) atoms. The van der Waals surface area contributed by atoms with E-state index in [2.05, 4.69) is 68.0 Å². The first-order valence-electron chi connectivity index (χ1n) is 6.43. The zero-order valence-electron chi connectivity index (χ0n) is 11.5. The van der Waals surface area contributed by atoms with Gasteiger partial charge < -0.3 is 5.32 Å². The molecule has 0 aliphatic rings. The van der Waals surface area contributed by atoms with Gasteiger partial charge in [-0.3, -0.25) is 0 Å². The molecule has 2 atom stereocenters. The van der Waals surface area contributed by atoms with E-state index in [0.717, 1.165) is 0 Å². The topological polar surface area (TPSA) is 12.0 Å². The highest BCUT2D eigenvalue weighted by Crippen LogP contribution is 2.23. The molecule has 1 nitrogen and oxygen atoms in total. The second kappa shape index (κ2) is 5.68. The van der Waals surface area contributed by atoms with Crippen molar-refractivity contribution in [3.8, 4) is 0 Å². The van der Waals surface area contributed by atoms with E-state index in [0.29, 0.717) is 12.1 Å². The van der Waals surface area contributed by atoms with E-state index in [1.807, 2.05) is 0 Å². The standard InChI is InChI=1S/C16H21NS/c1-11-5-6-16(12(2)9-11)14(4)17-13(3)15-7-8-18-10-15/h5-10,13-14,17H,1-4H3. The van der Waals surface area contributed by atoms with Crippen molar-refractivity contribution in [1.29, 1.82) is 0 Å². The highest BCUT2D eigenvalue weighted by atomic mass is 32.1. The van der Waals surface area contributed by atoms with E-state index in [4.69, 9.17) is 0 Å². The van der Waals surface area contributed by atoms with Crippen molar-refractivity contribution in [2.75, 3.05) is 0 Å². The van der Waals surface area contributed by atoms with Crippen LogP contribution in [0.3, 0.4) is 0 Å². The van der Waals surface area contributed by atoms with Crippen LogP contribution >= 0.6 is 11.3 Å². The van der Waals surface area contributed by atoms with Crippen molar-refractivity contribution in [3.63, 3.8) is 0 Å². The Morgan fingerprint density at radius 1 is 1.06 bits per heavy atom. The third-order valence-electron chi connectivity index (χ3n) is 3.43. The molecule has 0 spiro atoms. The minimum atomic E-state index is 0.375. The summed E-state index contributed by atoms with van der Waals surface area (Å²) in [6, 6.07) is 9.64. The molecule has 0 bridgehead atoms. The van der Waals surface area contributed by atoms with Crippen LogP contribution in [0.2, 0.25) is 0 Å². The summed E-state index contributed by atoms with van der Waals surface area (Å²) >= 11 is 1.76. The quantitative estimate of drug-likeness (QED) is 0.833. The molecule has 1 heterocycles. The predicted octanol–water partition coefficient (Wildman–Crippen LogP) is 4.78. The highest BCUT2D eigenvalue weighted by molar-refractivity contribution is 7.07. The molecule has 0 aliphatic carbocycles. The fourth-order valence-electron chi connectivity index (χ4n) is 2.39. The molecule has 1 aromatic carbocycles. The Morgan fingerprint density at radius 2 is 1.83 bits per heavy atom. The van der Waals surface area contributed by atoms with E-state index >= 15 is 0 Å². The van der Waals surface area contributed by atoms with Crippen LogP contribution in [-0.4, -0.2) is 0 Å². The molecule has 1 N–H and O–H groups in total. The Bertz CT molecular complexity index is 502. The van der Waals surface area contributed by atoms with Crippen LogP contribution in [0.25, 0.3) is 0 Å². The van der Waals surface area contributed by atoms with Gasteiger partial charge in [-0.15, -0.1) is 0 Å². The lowest BCUT2D eigenvalue weighted by Crippen LogP contribution is -2.22. The fraction of sp³-hybridized carbons (Fsp3) is 0.375. The van der Waals surface area contributed by atoms with E-state index < -0.39 is 0 Å². The van der Waals surface area contributed by atoms with Crippen LogP contribution in [0.15, 0.2) is 35.0 Å². The smallest absolute Gasteiger partial charge is 0.0305 e. The molecule has 0 radical (unpaired) electrons. The Balaban J connectivity index is 2.10. The van der Waals surface area contributed by atoms with Gasteiger partial charge in [0.05, 0.1) is 0 Å². The van der Waals surface area contributed by atoms with Gasteiger partial charge in [-0.1, -0.05) is 23.8 Å². The van der Waals surface area contributed by atoms with Crippen molar-refractivity contribution < 1.29 is 0 Å². The lowest BCUT2D eigenvalue weighted by atomic mass is 9.99. The average Bonchev–Trinajstić information content (AvgIpc) is 2.81. The number of benzene rings is 1. The van der Waals surface area contributed by atoms with E-state index in [9.17, 15) is 0 Å². The van der Waals surface area contributed by atoms with Gasteiger partial charge in [0.1, 0.15) is 0 Å². The maximum atomic E-state index is 3.67. The summed E-state index contributed by atoms with van der Waals surface area (Å²) in [5.74, 6) is 0. The summed E-state index contributed by atoms with van der Waals surface area (Å²) in [5, 5.41) is 8.01. The van der Waals surface area contributed by atoms with Crippen molar-refractivity contribution >= 4 is 11.3 Å². The minimum absolute atomic E-state index is 0.375. The van der Waals surface area contributed by atoms with Crippen LogP contribution in [-0.2, 0) is 0 Å². The van der Waals surface area contributed by atoms with E-state index in [1.165, 1.54) is 22.3 Å². The van der Waals surface area contributed by atoms with Crippen LogP contribution in [0.5, 0.6) is 0 Å². The third-order valence-corrected chi connectivity index (χ3v) is 4.14. The first kappa shape index (κ1) is 13.3. The van der Waals surface area contributed by atoms with Crippen LogP contribution in [0.1, 0.15) is 48.2 Å². The lowest BCUT2D eigenvalue weighted by Gasteiger charge is -2.21. The van der Waals surface area contributed by atoms with Gasteiger partial charge in [-0.25, -0.2) is 0 Å². The van der Waals surface area contributed by atoms with Gasteiger partial charge in [-0.2, -0.15) is 11.3 Å². The molecule has 0 saturated heterocycles. The number of thiophene rings is 1. The number of hydrogen-bond donors (Lipinski definition) is 1. The molecule has 2 heteroatoms. The van der Waals surface area contributed by atoms with Gasteiger partial charge in [0.2, 0.25) is 0 Å². The molecular formula is C16H21NS. The van der Waals surface area contributed by atoms with Gasteiger partial charge in [-0.05, 0) is 61.2 Å². The Hall–Kier alpha value is -1.12. The van der Waals surface area contributed by atoms with Gasteiger partial charge >= 0.3 is 0 Å². The monoisotopic (exact) mass is 259 g/mol. The number of nitrogens with one attached hydrogen (secondary N) is 1. The summed E-state index contributed by atoms with van der Waals surface area (Å²) in [6.45, 7) is 8.79. The Labute approximate surface area is 114 Å². The van der Waals surface area contributed by atoms with Crippen LogP contribution in [0.4, 0.5) is 0 Å². The van der Waals surface area contributed by atoms with Crippen LogP contribution < -0.4 is 5.32 Å². The number of hydrogen-bond acceptors (Lipinski definition) is 2. The van der Waals surface area contributed by atoms with Crippen molar-refractivity contribution in [2.45, 2.75) is 39.8 Å². The first-order chi connectivity index (χ1) is 8.58. The highest BCUT2D eigenvalue weighted by Gasteiger charge is 2.12. The second-order valence-electron chi connectivity index (χ2n) is 5.03. The maximum Gasteiger partial charge on any atom is 0.0305 e. The molecule has 2 aromatic rings. The summed E-state index contributed by atoms with van der Waals surface area (Å²) < 4.78 is 0. The van der Waals surface area contributed by atoms with E-state index in [-0.39, 0.29) is 0 Å². The summed E-state index contributed by atoms with van der Waals surface area (Å²) in [4.78, 5) is 0. The molecule has 1 aromatic heterocycles. The maximum absolute atomic E-state index is 3.67. The zero-order valence-corrected chi connectivity index (χ0v) is 12.3. The Kier molecular flexibility index (Phi) is 4.20. The SMILES string of the molecule is Cc1ccc(C(C)NC(C)c2ccsc2)c(C)c1. The predicted molar refractivity (Wildman–Crippen MR) is 80.2 cm³/mol. The molecule has 0 fully saturated rings. The van der Waals surface area contributed by atoms with Crippen molar-refractivity contribution in [2.24, 2.45) is 0 Å².